The van der Waals surface area contributed by atoms with Gasteiger partial charge in [-0.25, -0.2) is 0 Å². The van der Waals surface area contributed by atoms with Crippen LogP contribution in [0.4, 0.5) is 5.69 Å². The van der Waals surface area contributed by atoms with E-state index in [2.05, 4.69) is 5.32 Å². The molecule has 0 saturated carbocycles. The van der Waals surface area contributed by atoms with Crippen LogP contribution in [0.25, 0.3) is 0 Å². The van der Waals surface area contributed by atoms with E-state index in [4.69, 9.17) is 9.84 Å². The maximum Gasteiger partial charge on any atom is 0.125 e. The van der Waals surface area contributed by atoms with Gasteiger partial charge in [0.2, 0.25) is 0 Å². The highest BCUT2D eigenvalue weighted by Gasteiger charge is 2.23. The second-order valence-corrected chi connectivity index (χ2v) is 4.18. The third-order valence-electron chi connectivity index (χ3n) is 2.53. The maximum atomic E-state index is 9.11. The fourth-order valence-electron chi connectivity index (χ4n) is 1.90. The predicted molar refractivity (Wildman–Crippen MR) is 60.4 cm³/mol. The molecule has 1 atom stereocenters. The van der Waals surface area contributed by atoms with Gasteiger partial charge in [-0.15, -0.1) is 0 Å². The van der Waals surface area contributed by atoms with E-state index in [1.165, 1.54) is 5.56 Å². The minimum atomic E-state index is 0.136. The molecule has 1 unspecified atom stereocenters. The van der Waals surface area contributed by atoms with Crippen molar-refractivity contribution in [3.8, 4) is 5.75 Å². The summed E-state index contributed by atoms with van der Waals surface area (Å²) in [5, 5.41) is 12.4. The van der Waals surface area contributed by atoms with E-state index in [9.17, 15) is 0 Å². The number of benzene rings is 1. The summed E-state index contributed by atoms with van der Waals surface area (Å²) in [5.41, 5.74) is 2.28. The summed E-state index contributed by atoms with van der Waals surface area (Å²) in [5.74, 6) is 0.936. The van der Waals surface area contributed by atoms with Gasteiger partial charge in [0.15, 0.2) is 0 Å². The monoisotopic (exact) mass is 207 g/mol. The first kappa shape index (κ1) is 10.3. The molecule has 1 aliphatic rings. The van der Waals surface area contributed by atoms with Crippen LogP contribution in [0, 0.1) is 0 Å². The zero-order valence-electron chi connectivity index (χ0n) is 9.16. The van der Waals surface area contributed by atoms with Gasteiger partial charge in [0.25, 0.3) is 0 Å². The number of hydrogen-bond donors (Lipinski definition) is 2. The molecule has 1 aromatic carbocycles. The summed E-state index contributed by atoms with van der Waals surface area (Å²) in [6.45, 7) is 4.20. The normalized spacial score (nSPS) is 18.8. The number of hydrogen-bond acceptors (Lipinski definition) is 3. The van der Waals surface area contributed by atoms with Crippen molar-refractivity contribution in [1.82, 2.24) is 0 Å². The van der Waals surface area contributed by atoms with Crippen LogP contribution in [0.2, 0.25) is 0 Å². The van der Waals surface area contributed by atoms with E-state index in [0.717, 1.165) is 17.9 Å². The summed E-state index contributed by atoms with van der Waals surface area (Å²) >= 11 is 0. The highest BCUT2D eigenvalue weighted by Crippen LogP contribution is 2.33. The number of aliphatic hydroxyl groups excluding tert-OH is 1. The van der Waals surface area contributed by atoms with Crippen LogP contribution >= 0.6 is 0 Å². The SMILES string of the molecule is CC(C)Oc1cccc2c1CC(CO)N2. The molecule has 3 heteroatoms. The second kappa shape index (κ2) is 4.11. The van der Waals surface area contributed by atoms with Crippen molar-refractivity contribution in [2.24, 2.45) is 0 Å². The van der Waals surface area contributed by atoms with Gasteiger partial charge in [-0.05, 0) is 26.0 Å². The van der Waals surface area contributed by atoms with Crippen LogP contribution in [-0.4, -0.2) is 23.9 Å². The summed E-state index contributed by atoms with van der Waals surface area (Å²) < 4.78 is 5.73. The summed E-state index contributed by atoms with van der Waals surface area (Å²) in [4.78, 5) is 0. The zero-order valence-corrected chi connectivity index (χ0v) is 9.16. The molecule has 0 fully saturated rings. The van der Waals surface area contributed by atoms with Crippen molar-refractivity contribution < 1.29 is 9.84 Å². The van der Waals surface area contributed by atoms with Gasteiger partial charge in [0.05, 0.1) is 18.8 Å². The number of nitrogens with one attached hydrogen (secondary N) is 1. The average Bonchev–Trinajstić information content (AvgIpc) is 2.61. The van der Waals surface area contributed by atoms with Crippen LogP contribution in [0.15, 0.2) is 18.2 Å². The Morgan fingerprint density at radius 3 is 3.00 bits per heavy atom. The van der Waals surface area contributed by atoms with Crippen molar-refractivity contribution in [1.29, 1.82) is 0 Å². The molecule has 0 saturated heterocycles. The first-order chi connectivity index (χ1) is 7.20. The molecular formula is C12H17NO2. The minimum Gasteiger partial charge on any atom is -0.491 e. The van der Waals surface area contributed by atoms with E-state index < -0.39 is 0 Å². The molecule has 3 nitrogen and oxygen atoms in total. The summed E-state index contributed by atoms with van der Waals surface area (Å²) in [6.07, 6.45) is 1.03. The van der Waals surface area contributed by atoms with E-state index in [1.807, 2.05) is 32.0 Å². The standard InChI is InChI=1S/C12H17NO2/c1-8(2)15-12-5-3-4-11-10(12)6-9(7-14)13-11/h3-5,8-9,13-14H,6-7H2,1-2H3. The Bertz CT molecular complexity index is 349. The van der Waals surface area contributed by atoms with Crippen molar-refractivity contribution in [3.05, 3.63) is 23.8 Å². The van der Waals surface area contributed by atoms with E-state index in [0.29, 0.717) is 0 Å². The van der Waals surface area contributed by atoms with Crippen molar-refractivity contribution >= 4 is 5.69 Å². The van der Waals surface area contributed by atoms with Crippen molar-refractivity contribution in [2.45, 2.75) is 32.4 Å². The molecule has 2 N–H and O–H groups in total. The topological polar surface area (TPSA) is 41.5 Å². The number of aliphatic hydroxyl groups is 1. The first-order valence-electron chi connectivity index (χ1n) is 5.36. The molecule has 1 aliphatic heterocycles. The average molecular weight is 207 g/mol. The van der Waals surface area contributed by atoms with Crippen molar-refractivity contribution in [3.63, 3.8) is 0 Å². The van der Waals surface area contributed by atoms with Gasteiger partial charge in [-0.1, -0.05) is 6.07 Å². The first-order valence-corrected chi connectivity index (χ1v) is 5.36. The quantitative estimate of drug-likeness (QED) is 0.794. The van der Waals surface area contributed by atoms with Crippen molar-refractivity contribution in [2.75, 3.05) is 11.9 Å². The van der Waals surface area contributed by atoms with Gasteiger partial charge in [0, 0.05) is 17.7 Å². The smallest absolute Gasteiger partial charge is 0.125 e. The number of ether oxygens (including phenoxy) is 1. The van der Waals surface area contributed by atoms with E-state index in [1.54, 1.807) is 0 Å². The van der Waals surface area contributed by atoms with Gasteiger partial charge in [-0.2, -0.15) is 0 Å². The third-order valence-corrected chi connectivity index (χ3v) is 2.53. The summed E-state index contributed by atoms with van der Waals surface area (Å²) in [7, 11) is 0. The van der Waals surface area contributed by atoms with Gasteiger partial charge < -0.3 is 15.2 Å². The van der Waals surface area contributed by atoms with Crippen LogP contribution in [0.1, 0.15) is 19.4 Å². The molecule has 1 heterocycles. The molecule has 2 rings (SSSR count). The second-order valence-electron chi connectivity index (χ2n) is 4.18. The molecule has 0 aromatic heterocycles. The fraction of sp³-hybridized carbons (Fsp3) is 0.500. The molecule has 0 radical (unpaired) electrons. The van der Waals surface area contributed by atoms with E-state index >= 15 is 0 Å². The minimum absolute atomic E-state index is 0.136. The Labute approximate surface area is 90.1 Å². The largest absolute Gasteiger partial charge is 0.491 e. The van der Waals surface area contributed by atoms with Gasteiger partial charge in [0.1, 0.15) is 5.75 Å². The molecule has 15 heavy (non-hydrogen) atoms. The Morgan fingerprint density at radius 2 is 2.33 bits per heavy atom. The van der Waals surface area contributed by atoms with Gasteiger partial charge >= 0.3 is 0 Å². The Kier molecular flexibility index (Phi) is 2.82. The number of fused-ring (bicyclic) bond motifs is 1. The zero-order chi connectivity index (χ0) is 10.8. The molecule has 0 spiro atoms. The van der Waals surface area contributed by atoms with Gasteiger partial charge in [-0.3, -0.25) is 0 Å². The van der Waals surface area contributed by atoms with Crippen LogP contribution in [0.5, 0.6) is 5.75 Å². The molecule has 1 aromatic rings. The van der Waals surface area contributed by atoms with Crippen LogP contribution < -0.4 is 10.1 Å². The maximum absolute atomic E-state index is 9.11. The lowest BCUT2D eigenvalue weighted by molar-refractivity contribution is 0.239. The van der Waals surface area contributed by atoms with Crippen LogP contribution in [0.3, 0.4) is 0 Å². The highest BCUT2D eigenvalue weighted by molar-refractivity contribution is 5.62. The number of anilines is 1. The van der Waals surface area contributed by atoms with E-state index in [-0.39, 0.29) is 18.8 Å². The summed E-state index contributed by atoms with van der Waals surface area (Å²) in [6, 6.07) is 6.12. The number of rotatable bonds is 3. The lowest BCUT2D eigenvalue weighted by Crippen LogP contribution is -2.19. The molecule has 0 amide bonds. The predicted octanol–water partition coefficient (Wildman–Crippen LogP) is 1.80. The highest BCUT2D eigenvalue weighted by atomic mass is 16.5. The Hall–Kier alpha value is -1.22. The molecular weight excluding hydrogens is 190 g/mol. The molecule has 82 valence electrons. The molecule has 0 bridgehead atoms. The fourth-order valence-corrected chi connectivity index (χ4v) is 1.90. The Morgan fingerprint density at radius 1 is 1.53 bits per heavy atom. The Balaban J connectivity index is 2.25. The van der Waals surface area contributed by atoms with Crippen LogP contribution in [-0.2, 0) is 6.42 Å². The molecule has 0 aliphatic carbocycles. The lowest BCUT2D eigenvalue weighted by Gasteiger charge is -2.12. The third kappa shape index (κ3) is 2.07. The lowest BCUT2D eigenvalue weighted by atomic mass is 10.1.